The maximum absolute atomic E-state index is 12.0. The van der Waals surface area contributed by atoms with E-state index in [-0.39, 0.29) is 24.8 Å². The Kier molecular flexibility index (Phi) is 7.67. The van der Waals surface area contributed by atoms with Crippen molar-refractivity contribution < 1.29 is 14.3 Å². The minimum absolute atomic E-state index is 0.0184. The van der Waals surface area contributed by atoms with E-state index in [9.17, 15) is 9.59 Å². The van der Waals surface area contributed by atoms with E-state index in [4.69, 9.17) is 4.74 Å². The first-order chi connectivity index (χ1) is 13.0. The number of methoxy groups -OCH3 is 1. The van der Waals surface area contributed by atoms with Gasteiger partial charge in [-0.2, -0.15) is 0 Å². The Hall–Kier alpha value is -3.02. The second-order valence-corrected chi connectivity index (χ2v) is 6.74. The highest BCUT2D eigenvalue weighted by atomic mass is 16.5. The third-order valence-electron chi connectivity index (χ3n) is 3.92. The average Bonchev–Trinajstić information content (AvgIpc) is 2.66. The summed E-state index contributed by atoms with van der Waals surface area (Å²) in [4.78, 5) is 23.9. The molecule has 2 rings (SSSR count). The number of amides is 2. The van der Waals surface area contributed by atoms with Crippen LogP contribution in [0.1, 0.15) is 25.0 Å². The predicted molar refractivity (Wildman–Crippen MR) is 106 cm³/mol. The molecule has 2 amide bonds. The van der Waals surface area contributed by atoms with Crippen molar-refractivity contribution in [1.82, 2.24) is 10.9 Å². The quantitative estimate of drug-likeness (QED) is 0.625. The fourth-order valence-electron chi connectivity index (χ4n) is 2.64. The Balaban J connectivity index is 1.74. The number of hydrogen-bond donors (Lipinski definition) is 3. The predicted octanol–water partition coefficient (Wildman–Crippen LogP) is 2.70. The van der Waals surface area contributed by atoms with Crippen LogP contribution in [0.2, 0.25) is 0 Å². The third kappa shape index (κ3) is 7.01. The fraction of sp³-hybridized carbons (Fsp3) is 0.333. The number of benzene rings is 2. The van der Waals surface area contributed by atoms with Gasteiger partial charge in [0.2, 0.25) is 5.91 Å². The Morgan fingerprint density at radius 3 is 2.22 bits per heavy atom. The summed E-state index contributed by atoms with van der Waals surface area (Å²) >= 11 is 0. The zero-order valence-corrected chi connectivity index (χ0v) is 16.0. The van der Waals surface area contributed by atoms with Crippen molar-refractivity contribution >= 4 is 17.5 Å². The van der Waals surface area contributed by atoms with E-state index in [2.05, 4.69) is 30.0 Å². The number of anilines is 1. The van der Waals surface area contributed by atoms with Gasteiger partial charge in [-0.25, -0.2) is 0 Å². The number of carbonyl (C=O) groups excluding carboxylic acids is 2. The minimum Gasteiger partial charge on any atom is -0.495 e. The van der Waals surface area contributed by atoms with E-state index in [0.717, 1.165) is 12.0 Å². The normalized spacial score (nSPS) is 10.4. The first-order valence-electron chi connectivity index (χ1n) is 9.00. The van der Waals surface area contributed by atoms with Crippen LogP contribution in [-0.4, -0.2) is 25.5 Å². The lowest BCUT2D eigenvalue weighted by molar-refractivity contribution is -0.127. The van der Waals surface area contributed by atoms with E-state index in [1.165, 1.54) is 5.56 Å². The van der Waals surface area contributed by atoms with Crippen LogP contribution in [0.4, 0.5) is 5.69 Å². The van der Waals surface area contributed by atoms with Crippen LogP contribution < -0.4 is 20.9 Å². The zero-order valence-electron chi connectivity index (χ0n) is 16.0. The minimum atomic E-state index is -0.346. The van der Waals surface area contributed by atoms with Gasteiger partial charge in [-0.1, -0.05) is 50.2 Å². The van der Waals surface area contributed by atoms with Gasteiger partial charge in [-0.05, 0) is 35.6 Å². The largest absolute Gasteiger partial charge is 0.495 e. The van der Waals surface area contributed by atoms with Gasteiger partial charge in [0.05, 0.1) is 25.8 Å². The van der Waals surface area contributed by atoms with E-state index in [0.29, 0.717) is 17.4 Å². The molecule has 0 heterocycles. The molecule has 6 heteroatoms. The third-order valence-corrected chi connectivity index (χ3v) is 3.92. The highest BCUT2D eigenvalue weighted by molar-refractivity contribution is 5.85. The number of rotatable bonds is 8. The van der Waals surface area contributed by atoms with E-state index in [1.54, 1.807) is 13.2 Å². The van der Waals surface area contributed by atoms with Gasteiger partial charge >= 0.3 is 0 Å². The standard InChI is InChI=1S/C21H27N3O3/c1-15(2)12-16-8-10-17(11-9-16)13-20(25)23-24-21(26)14-22-18-6-4-5-7-19(18)27-3/h4-11,15,22H,12-14H2,1-3H3,(H,23,25)(H,24,26). The summed E-state index contributed by atoms with van der Waals surface area (Å²) in [6, 6.07) is 15.3. The molecule has 144 valence electrons. The Labute approximate surface area is 160 Å². The lowest BCUT2D eigenvalue weighted by atomic mass is 10.0. The number of carbonyl (C=O) groups is 2. The van der Waals surface area contributed by atoms with Crippen LogP contribution in [0.25, 0.3) is 0 Å². The number of hydrazine groups is 1. The second kappa shape index (κ2) is 10.2. The fourth-order valence-corrected chi connectivity index (χ4v) is 2.64. The van der Waals surface area contributed by atoms with Crippen molar-refractivity contribution in [2.45, 2.75) is 26.7 Å². The molecule has 0 bridgehead atoms. The van der Waals surface area contributed by atoms with Crippen LogP contribution in [0.15, 0.2) is 48.5 Å². The lowest BCUT2D eigenvalue weighted by Crippen LogP contribution is -2.44. The van der Waals surface area contributed by atoms with Gasteiger partial charge in [-0.15, -0.1) is 0 Å². The number of para-hydroxylation sites is 2. The monoisotopic (exact) mass is 369 g/mol. The van der Waals surface area contributed by atoms with Crippen LogP contribution in [0, 0.1) is 5.92 Å². The molecule has 3 N–H and O–H groups in total. The number of hydrogen-bond acceptors (Lipinski definition) is 4. The molecule has 0 aliphatic rings. The summed E-state index contributed by atoms with van der Waals surface area (Å²) in [5.74, 6) is 0.632. The van der Waals surface area contributed by atoms with Crippen molar-refractivity contribution in [2.75, 3.05) is 19.0 Å². The summed E-state index contributed by atoms with van der Waals surface area (Å²) in [7, 11) is 1.57. The van der Waals surface area contributed by atoms with E-state index < -0.39 is 0 Å². The second-order valence-electron chi connectivity index (χ2n) is 6.74. The molecule has 0 aliphatic heterocycles. The van der Waals surface area contributed by atoms with Gasteiger partial charge in [-0.3, -0.25) is 20.4 Å². The van der Waals surface area contributed by atoms with Gasteiger partial charge in [0.25, 0.3) is 5.91 Å². The summed E-state index contributed by atoms with van der Waals surface area (Å²) in [6.07, 6.45) is 1.23. The van der Waals surface area contributed by atoms with Gasteiger partial charge < -0.3 is 10.1 Å². The van der Waals surface area contributed by atoms with Crippen molar-refractivity contribution in [3.05, 3.63) is 59.7 Å². The van der Waals surface area contributed by atoms with Crippen LogP contribution in [0.3, 0.4) is 0 Å². The van der Waals surface area contributed by atoms with Crippen molar-refractivity contribution in [3.63, 3.8) is 0 Å². The summed E-state index contributed by atoms with van der Waals surface area (Å²) < 4.78 is 5.21. The topological polar surface area (TPSA) is 79.5 Å². The molecular weight excluding hydrogens is 342 g/mol. The SMILES string of the molecule is COc1ccccc1NCC(=O)NNC(=O)Cc1ccc(CC(C)C)cc1. The molecule has 2 aromatic carbocycles. The smallest absolute Gasteiger partial charge is 0.257 e. The molecule has 0 spiro atoms. The first-order valence-corrected chi connectivity index (χ1v) is 9.00. The number of ether oxygens (including phenoxy) is 1. The maximum atomic E-state index is 12.0. The van der Waals surface area contributed by atoms with Gasteiger partial charge in [0.1, 0.15) is 5.75 Å². The molecule has 2 aromatic rings. The average molecular weight is 369 g/mol. The summed E-state index contributed by atoms with van der Waals surface area (Å²) in [5, 5.41) is 2.97. The summed E-state index contributed by atoms with van der Waals surface area (Å²) in [5.41, 5.74) is 7.71. The lowest BCUT2D eigenvalue weighted by Gasteiger charge is -2.11. The van der Waals surface area contributed by atoms with Crippen LogP contribution >= 0.6 is 0 Å². The molecule has 0 saturated carbocycles. The Morgan fingerprint density at radius 1 is 0.926 bits per heavy atom. The molecule has 0 aliphatic carbocycles. The summed E-state index contributed by atoms with van der Waals surface area (Å²) in [6.45, 7) is 4.37. The molecule has 0 unspecified atom stereocenters. The van der Waals surface area contributed by atoms with Crippen molar-refractivity contribution in [1.29, 1.82) is 0 Å². The van der Waals surface area contributed by atoms with Gasteiger partial charge in [0.15, 0.2) is 0 Å². The zero-order chi connectivity index (χ0) is 19.6. The molecule has 0 atom stereocenters. The molecule has 0 saturated heterocycles. The first kappa shape index (κ1) is 20.3. The van der Waals surface area contributed by atoms with E-state index in [1.807, 2.05) is 42.5 Å². The highest BCUT2D eigenvalue weighted by Gasteiger charge is 2.08. The molecule has 27 heavy (non-hydrogen) atoms. The molecule has 0 radical (unpaired) electrons. The van der Waals surface area contributed by atoms with Crippen LogP contribution in [0.5, 0.6) is 5.75 Å². The molecule has 0 fully saturated rings. The Bertz CT molecular complexity index is 758. The maximum Gasteiger partial charge on any atom is 0.257 e. The van der Waals surface area contributed by atoms with Gasteiger partial charge in [0, 0.05) is 0 Å². The van der Waals surface area contributed by atoms with Crippen molar-refractivity contribution in [3.8, 4) is 5.75 Å². The molecule has 6 nitrogen and oxygen atoms in total. The molecular formula is C21H27N3O3. The van der Waals surface area contributed by atoms with Crippen LogP contribution in [-0.2, 0) is 22.4 Å². The number of nitrogens with one attached hydrogen (secondary N) is 3. The highest BCUT2D eigenvalue weighted by Crippen LogP contribution is 2.22. The van der Waals surface area contributed by atoms with E-state index >= 15 is 0 Å². The molecule has 0 aromatic heterocycles. The van der Waals surface area contributed by atoms with Crippen molar-refractivity contribution in [2.24, 2.45) is 5.92 Å². The Morgan fingerprint density at radius 2 is 1.56 bits per heavy atom.